The van der Waals surface area contributed by atoms with Crippen LogP contribution in [0.2, 0.25) is 0 Å². The van der Waals surface area contributed by atoms with Gasteiger partial charge in [0.05, 0.1) is 11.9 Å². The van der Waals surface area contributed by atoms with Crippen molar-refractivity contribution in [3.8, 4) is 0 Å². The molecule has 0 amide bonds. The summed E-state index contributed by atoms with van der Waals surface area (Å²) >= 11 is 0. The molecule has 1 rings (SSSR count). The molecule has 6 heteroatoms. The van der Waals surface area contributed by atoms with E-state index in [-0.39, 0.29) is 82.1 Å². The molecule has 0 radical (unpaired) electrons. The molecule has 0 aromatic rings. The standard InChI is InChI=1S/C13H20O4.2Na/c1-8(2)10(12(14)15)11(13(16)17)9-6-4-3-5-7-9;;/h8-9H,3-7H2,1-2H3,(H,14,15)(H,16,17);;/q;2*+1/p-2. The molecule has 19 heavy (non-hydrogen) atoms. The fourth-order valence-electron chi connectivity index (χ4n) is 2.54. The first-order valence-electron chi connectivity index (χ1n) is 6.12. The van der Waals surface area contributed by atoms with Crippen LogP contribution in [0, 0.1) is 11.8 Å². The van der Waals surface area contributed by atoms with Crippen LogP contribution in [0.5, 0.6) is 0 Å². The van der Waals surface area contributed by atoms with Crippen molar-refractivity contribution in [2.24, 2.45) is 11.8 Å². The van der Waals surface area contributed by atoms with E-state index in [0.717, 1.165) is 32.1 Å². The molecule has 0 bridgehead atoms. The molecule has 0 saturated heterocycles. The Kier molecular flexibility index (Phi) is 12.0. The van der Waals surface area contributed by atoms with Gasteiger partial charge in [-0.1, -0.05) is 33.1 Å². The second-order valence-electron chi connectivity index (χ2n) is 4.89. The van der Waals surface area contributed by atoms with Gasteiger partial charge in [-0.25, -0.2) is 0 Å². The number of aliphatic carboxylic acids is 2. The predicted molar refractivity (Wildman–Crippen MR) is 58.5 cm³/mol. The molecule has 0 aromatic carbocycles. The summed E-state index contributed by atoms with van der Waals surface area (Å²) in [6.07, 6.45) is 4.43. The second kappa shape index (κ2) is 10.4. The number of carbonyl (C=O) groups is 2. The molecule has 1 aliphatic carbocycles. The summed E-state index contributed by atoms with van der Waals surface area (Å²) in [5, 5.41) is 22.3. The van der Waals surface area contributed by atoms with Gasteiger partial charge in [0.1, 0.15) is 0 Å². The smallest absolute Gasteiger partial charge is 0.545 e. The summed E-state index contributed by atoms with van der Waals surface area (Å²) in [6.45, 7) is 3.33. The fourth-order valence-corrected chi connectivity index (χ4v) is 2.54. The minimum atomic E-state index is -1.38. The van der Waals surface area contributed by atoms with E-state index in [2.05, 4.69) is 0 Å². The van der Waals surface area contributed by atoms with Gasteiger partial charge in [-0.3, -0.25) is 0 Å². The second-order valence-corrected chi connectivity index (χ2v) is 4.89. The number of carboxylic acid groups (broad SMARTS) is 2. The third-order valence-electron chi connectivity index (χ3n) is 3.32. The van der Waals surface area contributed by atoms with E-state index in [1.165, 1.54) is 0 Å². The van der Waals surface area contributed by atoms with Crippen LogP contribution in [0.15, 0.2) is 11.1 Å². The molecule has 1 aliphatic rings. The maximum absolute atomic E-state index is 11.2. The van der Waals surface area contributed by atoms with Crippen LogP contribution in [-0.4, -0.2) is 11.9 Å². The number of hydrogen-bond acceptors (Lipinski definition) is 4. The Balaban J connectivity index is 0. The van der Waals surface area contributed by atoms with Gasteiger partial charge in [0.25, 0.3) is 0 Å². The van der Waals surface area contributed by atoms with Crippen LogP contribution in [0.1, 0.15) is 46.0 Å². The minimum absolute atomic E-state index is 0. The third kappa shape index (κ3) is 6.32. The van der Waals surface area contributed by atoms with Crippen molar-refractivity contribution in [3.05, 3.63) is 11.1 Å². The van der Waals surface area contributed by atoms with E-state index < -0.39 is 11.9 Å². The van der Waals surface area contributed by atoms with Crippen LogP contribution in [0.25, 0.3) is 0 Å². The zero-order chi connectivity index (χ0) is 13.0. The van der Waals surface area contributed by atoms with Crippen LogP contribution < -0.4 is 69.3 Å². The maximum Gasteiger partial charge on any atom is 1.00 e. The van der Waals surface area contributed by atoms with Crippen molar-refractivity contribution < 1.29 is 78.9 Å². The number of rotatable bonds is 4. The molecule has 96 valence electrons. The molecular weight excluding hydrogens is 266 g/mol. The largest absolute Gasteiger partial charge is 1.00 e. The molecule has 0 heterocycles. The summed E-state index contributed by atoms with van der Waals surface area (Å²) in [7, 11) is 0. The van der Waals surface area contributed by atoms with Crippen LogP contribution >= 0.6 is 0 Å². The molecular formula is C13H18Na2O4. The van der Waals surface area contributed by atoms with Gasteiger partial charge in [-0.2, -0.15) is 0 Å². The Morgan fingerprint density at radius 3 is 1.74 bits per heavy atom. The third-order valence-corrected chi connectivity index (χ3v) is 3.32. The van der Waals surface area contributed by atoms with Crippen LogP contribution in [-0.2, 0) is 9.59 Å². The van der Waals surface area contributed by atoms with Crippen molar-refractivity contribution in [1.29, 1.82) is 0 Å². The monoisotopic (exact) mass is 284 g/mol. The predicted octanol–water partition coefficient (Wildman–Crippen LogP) is -5.97. The molecule has 0 aromatic heterocycles. The van der Waals surface area contributed by atoms with Gasteiger partial charge in [-0.05, 0) is 35.8 Å². The Hall–Kier alpha value is 0.680. The first kappa shape index (κ1) is 22.0. The van der Waals surface area contributed by atoms with Gasteiger partial charge in [0.2, 0.25) is 0 Å². The summed E-state index contributed by atoms with van der Waals surface area (Å²) in [5.41, 5.74) is -0.142. The summed E-state index contributed by atoms with van der Waals surface area (Å²) in [4.78, 5) is 22.3. The van der Waals surface area contributed by atoms with E-state index >= 15 is 0 Å². The fraction of sp³-hybridized carbons (Fsp3) is 0.692. The zero-order valence-corrected chi connectivity index (χ0v) is 16.3. The molecule has 0 spiro atoms. The SMILES string of the molecule is CC(C)C(C(=O)[O-])=C(C(=O)[O-])C1CCCCC1.[Na+].[Na+]. The summed E-state index contributed by atoms with van der Waals surface area (Å²) in [6, 6.07) is 0. The van der Waals surface area contributed by atoms with Crippen LogP contribution in [0.4, 0.5) is 0 Å². The normalized spacial score (nSPS) is 17.0. The van der Waals surface area contributed by atoms with Gasteiger partial charge in [0.15, 0.2) is 0 Å². The Morgan fingerprint density at radius 1 is 0.947 bits per heavy atom. The summed E-state index contributed by atoms with van der Waals surface area (Å²) in [5.74, 6) is -3.30. The Bertz CT molecular complexity index is 345. The molecule has 0 aliphatic heterocycles. The number of hydrogen-bond donors (Lipinski definition) is 0. The van der Waals surface area contributed by atoms with Crippen molar-refractivity contribution in [2.75, 3.05) is 0 Å². The zero-order valence-electron chi connectivity index (χ0n) is 12.3. The summed E-state index contributed by atoms with van der Waals surface area (Å²) < 4.78 is 0. The van der Waals surface area contributed by atoms with E-state index in [9.17, 15) is 19.8 Å². The van der Waals surface area contributed by atoms with Crippen molar-refractivity contribution in [1.82, 2.24) is 0 Å². The topological polar surface area (TPSA) is 80.3 Å². The maximum atomic E-state index is 11.2. The quantitative estimate of drug-likeness (QED) is 0.380. The minimum Gasteiger partial charge on any atom is -0.545 e. The van der Waals surface area contributed by atoms with Crippen LogP contribution in [0.3, 0.4) is 0 Å². The molecule has 1 fully saturated rings. The first-order valence-corrected chi connectivity index (χ1v) is 6.12. The van der Waals surface area contributed by atoms with E-state index in [0.29, 0.717) is 0 Å². The Labute approximate surface area is 158 Å². The number of carboxylic acids is 2. The van der Waals surface area contributed by atoms with Gasteiger partial charge in [0, 0.05) is 0 Å². The molecule has 0 N–H and O–H groups in total. The van der Waals surface area contributed by atoms with E-state index in [4.69, 9.17) is 0 Å². The van der Waals surface area contributed by atoms with Crippen molar-refractivity contribution in [3.63, 3.8) is 0 Å². The van der Waals surface area contributed by atoms with Crippen molar-refractivity contribution >= 4 is 11.9 Å². The van der Waals surface area contributed by atoms with Crippen molar-refractivity contribution in [2.45, 2.75) is 46.0 Å². The number of carbonyl (C=O) groups excluding carboxylic acids is 2. The first-order chi connectivity index (χ1) is 7.95. The van der Waals surface area contributed by atoms with E-state index in [1.54, 1.807) is 13.8 Å². The molecule has 4 nitrogen and oxygen atoms in total. The van der Waals surface area contributed by atoms with E-state index in [1.807, 2.05) is 0 Å². The van der Waals surface area contributed by atoms with Gasteiger partial charge < -0.3 is 19.8 Å². The molecule has 0 unspecified atom stereocenters. The molecule has 1 saturated carbocycles. The molecule has 0 atom stereocenters. The Morgan fingerprint density at radius 2 is 1.42 bits per heavy atom. The average molecular weight is 284 g/mol. The average Bonchev–Trinajstić information content (AvgIpc) is 2.25. The van der Waals surface area contributed by atoms with Gasteiger partial charge in [-0.15, -0.1) is 0 Å². The van der Waals surface area contributed by atoms with Gasteiger partial charge >= 0.3 is 59.1 Å².